The lowest BCUT2D eigenvalue weighted by Gasteiger charge is -2.19. The first-order valence-electron chi connectivity index (χ1n) is 10.2. The van der Waals surface area contributed by atoms with Crippen LogP contribution in [0.25, 0.3) is 0 Å². The van der Waals surface area contributed by atoms with Gasteiger partial charge in [-0.2, -0.15) is 0 Å². The number of nitrogens with zero attached hydrogens (tertiary/aromatic N) is 1. The van der Waals surface area contributed by atoms with Crippen LogP contribution in [0.2, 0.25) is 0 Å². The minimum atomic E-state index is -0.329. The van der Waals surface area contributed by atoms with Gasteiger partial charge in [0.2, 0.25) is 17.7 Å². The molecule has 1 saturated carbocycles. The lowest BCUT2D eigenvalue weighted by molar-refractivity contribution is -0.140. The molecule has 1 aromatic rings. The molecule has 3 amide bonds. The zero-order valence-corrected chi connectivity index (χ0v) is 17.7. The van der Waals surface area contributed by atoms with Crippen LogP contribution >= 0.6 is 12.2 Å². The number of aryl methyl sites for hydroxylation is 2. The Morgan fingerprint density at radius 1 is 1.14 bits per heavy atom. The number of imide groups is 1. The predicted octanol–water partition coefficient (Wildman–Crippen LogP) is 2.44. The highest BCUT2D eigenvalue weighted by atomic mass is 32.1. The smallest absolute Gasteiger partial charge is 0.240 e. The first kappa shape index (κ1) is 21.2. The second-order valence-corrected chi connectivity index (χ2v) is 8.07. The number of fused-ring (bicyclic) bond motifs is 1. The van der Waals surface area contributed by atoms with Crippen molar-refractivity contribution in [2.24, 2.45) is 11.8 Å². The van der Waals surface area contributed by atoms with E-state index in [2.05, 4.69) is 23.1 Å². The van der Waals surface area contributed by atoms with Crippen molar-refractivity contribution in [3.63, 3.8) is 0 Å². The monoisotopic (exact) mass is 416 g/mol. The van der Waals surface area contributed by atoms with E-state index in [0.29, 0.717) is 0 Å². The number of thiocarbonyl (C=S) groups is 1. The SMILES string of the molecule is CCc1cccc(C)c1NC(=S)NNC(=O)CCN1C(=O)[C@H]2CCCC[C@@H]2C1=O. The molecule has 0 unspecified atom stereocenters. The molecular formula is C21H28N4O3S. The molecule has 1 heterocycles. The molecule has 0 bridgehead atoms. The number of carbonyl (C=O) groups is 3. The van der Waals surface area contributed by atoms with Crippen LogP contribution in [0.3, 0.4) is 0 Å². The summed E-state index contributed by atoms with van der Waals surface area (Å²) in [4.78, 5) is 38.3. The van der Waals surface area contributed by atoms with Crippen molar-refractivity contribution in [1.29, 1.82) is 0 Å². The summed E-state index contributed by atoms with van der Waals surface area (Å²) in [6.45, 7) is 4.16. The summed E-state index contributed by atoms with van der Waals surface area (Å²) >= 11 is 5.26. The molecule has 3 N–H and O–H groups in total. The number of hydrogen-bond acceptors (Lipinski definition) is 4. The Kier molecular flexibility index (Phi) is 6.84. The highest BCUT2D eigenvalue weighted by Crippen LogP contribution is 2.37. The summed E-state index contributed by atoms with van der Waals surface area (Å²) in [5.41, 5.74) is 8.35. The molecule has 2 aliphatic rings. The van der Waals surface area contributed by atoms with Gasteiger partial charge in [-0.25, -0.2) is 0 Å². The largest absolute Gasteiger partial charge is 0.331 e. The summed E-state index contributed by atoms with van der Waals surface area (Å²) in [6, 6.07) is 6.01. The standard InChI is InChI=1S/C21H28N4O3S/c1-3-14-8-6-7-13(2)18(14)22-21(29)24-23-17(26)11-12-25-19(27)15-9-4-5-10-16(15)20(25)28/h6-8,15-16H,3-5,9-12H2,1-2H3,(H,23,26)(H2,22,24,29)/t15-,16-/m0/s1. The summed E-state index contributed by atoms with van der Waals surface area (Å²) < 4.78 is 0. The molecule has 29 heavy (non-hydrogen) atoms. The number of anilines is 1. The molecule has 0 spiro atoms. The van der Waals surface area contributed by atoms with Gasteiger partial charge < -0.3 is 5.32 Å². The maximum absolute atomic E-state index is 12.5. The molecule has 7 nitrogen and oxygen atoms in total. The predicted molar refractivity (Wildman–Crippen MR) is 115 cm³/mol. The molecular weight excluding hydrogens is 388 g/mol. The fourth-order valence-electron chi connectivity index (χ4n) is 4.20. The maximum Gasteiger partial charge on any atom is 0.240 e. The summed E-state index contributed by atoms with van der Waals surface area (Å²) in [5.74, 6) is -0.939. The number of hydrogen-bond donors (Lipinski definition) is 3. The van der Waals surface area contributed by atoms with Crippen LogP contribution in [0.5, 0.6) is 0 Å². The second-order valence-electron chi connectivity index (χ2n) is 7.67. The fourth-order valence-corrected chi connectivity index (χ4v) is 4.35. The highest BCUT2D eigenvalue weighted by Gasteiger charge is 2.47. The molecule has 156 valence electrons. The average Bonchev–Trinajstić information content (AvgIpc) is 2.96. The van der Waals surface area contributed by atoms with E-state index in [9.17, 15) is 14.4 Å². The third-order valence-electron chi connectivity index (χ3n) is 5.79. The first-order valence-corrected chi connectivity index (χ1v) is 10.6. The molecule has 2 fully saturated rings. The minimum absolute atomic E-state index is 0.0388. The van der Waals surface area contributed by atoms with Gasteiger partial charge >= 0.3 is 0 Å². The Balaban J connectivity index is 1.46. The molecule has 1 aromatic carbocycles. The topological polar surface area (TPSA) is 90.5 Å². The van der Waals surface area contributed by atoms with Crippen LogP contribution < -0.4 is 16.2 Å². The van der Waals surface area contributed by atoms with E-state index < -0.39 is 0 Å². The average molecular weight is 417 g/mol. The Labute approximate surface area is 176 Å². The van der Waals surface area contributed by atoms with E-state index in [1.165, 1.54) is 4.90 Å². The van der Waals surface area contributed by atoms with Gasteiger partial charge in [-0.1, -0.05) is 38.0 Å². The van der Waals surface area contributed by atoms with Crippen LogP contribution in [-0.2, 0) is 20.8 Å². The van der Waals surface area contributed by atoms with Crippen molar-refractivity contribution < 1.29 is 14.4 Å². The zero-order chi connectivity index (χ0) is 21.0. The molecule has 1 aliphatic carbocycles. The summed E-state index contributed by atoms with van der Waals surface area (Å²) in [5, 5.41) is 3.40. The number of hydrazine groups is 1. The van der Waals surface area contributed by atoms with Gasteiger partial charge in [0.15, 0.2) is 5.11 Å². The van der Waals surface area contributed by atoms with Crippen molar-refractivity contribution in [2.45, 2.75) is 52.4 Å². The van der Waals surface area contributed by atoms with Gasteiger partial charge in [0.05, 0.1) is 11.8 Å². The van der Waals surface area contributed by atoms with Crippen molar-refractivity contribution >= 4 is 40.7 Å². The van der Waals surface area contributed by atoms with E-state index in [1.807, 2.05) is 25.1 Å². The number of likely N-dealkylation sites (tertiary alicyclic amines) is 1. The molecule has 0 aromatic heterocycles. The number of rotatable bonds is 5. The number of carbonyl (C=O) groups excluding carboxylic acids is 3. The van der Waals surface area contributed by atoms with Gasteiger partial charge in [-0.05, 0) is 49.5 Å². The summed E-state index contributed by atoms with van der Waals surface area (Å²) in [6.07, 6.45) is 4.43. The van der Waals surface area contributed by atoms with Crippen molar-refractivity contribution in [1.82, 2.24) is 15.8 Å². The Bertz CT molecular complexity index is 802. The fraction of sp³-hybridized carbons (Fsp3) is 0.524. The summed E-state index contributed by atoms with van der Waals surface area (Å²) in [7, 11) is 0. The molecule has 0 radical (unpaired) electrons. The highest BCUT2D eigenvalue weighted by molar-refractivity contribution is 7.80. The number of para-hydroxylation sites is 1. The molecule has 8 heteroatoms. The Hall–Kier alpha value is -2.48. The molecule has 1 saturated heterocycles. The Morgan fingerprint density at radius 3 is 2.41 bits per heavy atom. The number of amides is 3. The van der Waals surface area contributed by atoms with E-state index in [1.54, 1.807) is 0 Å². The normalized spacial score (nSPS) is 21.0. The minimum Gasteiger partial charge on any atom is -0.331 e. The maximum atomic E-state index is 12.5. The third kappa shape index (κ3) is 4.75. The quantitative estimate of drug-likeness (QED) is 0.388. The second kappa shape index (κ2) is 9.35. The van der Waals surface area contributed by atoms with E-state index in [4.69, 9.17) is 12.2 Å². The van der Waals surface area contributed by atoms with Crippen LogP contribution in [-0.4, -0.2) is 34.3 Å². The first-order chi connectivity index (χ1) is 13.9. The molecule has 3 rings (SSSR count). The number of benzene rings is 1. The van der Waals surface area contributed by atoms with Gasteiger partial charge in [0.25, 0.3) is 0 Å². The third-order valence-corrected chi connectivity index (χ3v) is 5.99. The van der Waals surface area contributed by atoms with Crippen LogP contribution in [0.15, 0.2) is 18.2 Å². The molecule has 1 aliphatic heterocycles. The van der Waals surface area contributed by atoms with Crippen LogP contribution in [0.1, 0.15) is 50.2 Å². The van der Waals surface area contributed by atoms with E-state index in [0.717, 1.165) is 48.9 Å². The van der Waals surface area contributed by atoms with Crippen LogP contribution in [0, 0.1) is 18.8 Å². The lowest BCUT2D eigenvalue weighted by atomic mass is 9.81. The van der Waals surface area contributed by atoms with Crippen LogP contribution in [0.4, 0.5) is 5.69 Å². The zero-order valence-electron chi connectivity index (χ0n) is 16.9. The van der Waals surface area contributed by atoms with Gasteiger partial charge in [-0.15, -0.1) is 0 Å². The van der Waals surface area contributed by atoms with Crippen molar-refractivity contribution in [3.8, 4) is 0 Å². The van der Waals surface area contributed by atoms with Crippen molar-refractivity contribution in [3.05, 3.63) is 29.3 Å². The van der Waals surface area contributed by atoms with Gasteiger partial charge in [-0.3, -0.25) is 30.1 Å². The van der Waals surface area contributed by atoms with E-state index >= 15 is 0 Å². The van der Waals surface area contributed by atoms with Gasteiger partial charge in [0.1, 0.15) is 0 Å². The molecule has 2 atom stereocenters. The van der Waals surface area contributed by atoms with E-state index in [-0.39, 0.29) is 47.6 Å². The van der Waals surface area contributed by atoms with Gasteiger partial charge in [0, 0.05) is 18.7 Å². The Morgan fingerprint density at radius 2 is 1.79 bits per heavy atom. The number of nitrogens with one attached hydrogen (secondary N) is 3. The van der Waals surface area contributed by atoms with Crippen molar-refractivity contribution in [2.75, 3.05) is 11.9 Å². The lowest BCUT2D eigenvalue weighted by Crippen LogP contribution is -2.45.